The third-order valence-corrected chi connectivity index (χ3v) is 6.28. The number of carbonyl (C=O) groups excluding carboxylic acids is 1. The highest BCUT2D eigenvalue weighted by molar-refractivity contribution is 8.00. The average molecular weight is 368 g/mol. The minimum absolute atomic E-state index is 0.0282. The van der Waals surface area contributed by atoms with Gasteiger partial charge in [-0.2, -0.15) is 5.26 Å². The van der Waals surface area contributed by atoms with Gasteiger partial charge in [-0.05, 0) is 49.8 Å². The van der Waals surface area contributed by atoms with Crippen molar-refractivity contribution in [2.75, 3.05) is 5.75 Å². The lowest BCUT2D eigenvalue weighted by Gasteiger charge is -2.29. The van der Waals surface area contributed by atoms with Gasteiger partial charge in [0.05, 0.1) is 16.8 Å². The molecule has 1 aromatic carbocycles. The van der Waals surface area contributed by atoms with Crippen LogP contribution in [0.4, 0.5) is 0 Å². The maximum atomic E-state index is 12.4. The zero-order valence-electron chi connectivity index (χ0n) is 15.6. The molecule has 5 heteroatoms. The van der Waals surface area contributed by atoms with Crippen LogP contribution in [-0.4, -0.2) is 22.7 Å². The Kier molecular flexibility index (Phi) is 5.83. The SMILES string of the molecule is Cc1ccc(C)c2nc(SCC(=O)NC3CCCCC3C)c(C#N)cc12. The molecule has 4 nitrogen and oxygen atoms in total. The van der Waals surface area contributed by atoms with E-state index in [1.807, 2.05) is 32.0 Å². The van der Waals surface area contributed by atoms with Crippen LogP contribution in [0, 0.1) is 31.1 Å². The maximum Gasteiger partial charge on any atom is 0.230 e. The molecule has 0 radical (unpaired) electrons. The van der Waals surface area contributed by atoms with Crippen LogP contribution in [-0.2, 0) is 4.79 Å². The lowest BCUT2D eigenvalue weighted by Crippen LogP contribution is -2.41. The number of hydrogen-bond acceptors (Lipinski definition) is 4. The Balaban J connectivity index is 1.75. The van der Waals surface area contributed by atoms with Gasteiger partial charge >= 0.3 is 0 Å². The second-order valence-corrected chi connectivity index (χ2v) is 8.24. The van der Waals surface area contributed by atoms with Crippen molar-refractivity contribution >= 4 is 28.6 Å². The summed E-state index contributed by atoms with van der Waals surface area (Å²) in [5.41, 5.74) is 3.63. The molecular weight excluding hydrogens is 342 g/mol. The van der Waals surface area contributed by atoms with Crippen molar-refractivity contribution < 1.29 is 4.79 Å². The summed E-state index contributed by atoms with van der Waals surface area (Å²) in [7, 11) is 0. The number of nitrogens with zero attached hydrogens (tertiary/aromatic N) is 2. The van der Waals surface area contributed by atoms with Gasteiger partial charge in [0.1, 0.15) is 11.1 Å². The Hall–Kier alpha value is -2.06. The first-order chi connectivity index (χ1) is 12.5. The summed E-state index contributed by atoms with van der Waals surface area (Å²) in [6.07, 6.45) is 4.69. The number of benzene rings is 1. The Morgan fingerprint density at radius 1 is 1.31 bits per heavy atom. The van der Waals surface area contributed by atoms with Crippen LogP contribution in [0.2, 0.25) is 0 Å². The number of aryl methyl sites for hydroxylation is 2. The van der Waals surface area contributed by atoms with Crippen LogP contribution < -0.4 is 5.32 Å². The van der Waals surface area contributed by atoms with Gasteiger partial charge < -0.3 is 5.32 Å². The Morgan fingerprint density at radius 2 is 2.04 bits per heavy atom. The van der Waals surface area contributed by atoms with E-state index < -0.39 is 0 Å². The number of aromatic nitrogens is 1. The van der Waals surface area contributed by atoms with Gasteiger partial charge in [0.15, 0.2) is 0 Å². The van der Waals surface area contributed by atoms with E-state index in [4.69, 9.17) is 4.98 Å². The molecule has 26 heavy (non-hydrogen) atoms. The van der Waals surface area contributed by atoms with Gasteiger partial charge in [0, 0.05) is 11.4 Å². The van der Waals surface area contributed by atoms with E-state index in [0.717, 1.165) is 28.5 Å². The van der Waals surface area contributed by atoms with Crippen molar-refractivity contribution in [3.63, 3.8) is 0 Å². The molecule has 0 aliphatic heterocycles. The van der Waals surface area contributed by atoms with E-state index in [-0.39, 0.29) is 11.9 Å². The molecule has 1 aliphatic carbocycles. The molecule has 0 spiro atoms. The van der Waals surface area contributed by atoms with E-state index in [1.165, 1.54) is 31.0 Å². The van der Waals surface area contributed by atoms with Crippen LogP contribution in [0.1, 0.15) is 49.3 Å². The summed E-state index contributed by atoms with van der Waals surface area (Å²) in [6.45, 7) is 6.25. The Labute approximate surface area is 159 Å². The summed E-state index contributed by atoms with van der Waals surface area (Å²) in [4.78, 5) is 17.1. The third-order valence-electron chi connectivity index (χ3n) is 5.29. The molecule has 1 N–H and O–H groups in total. The summed E-state index contributed by atoms with van der Waals surface area (Å²) >= 11 is 1.35. The van der Waals surface area contributed by atoms with Crippen LogP contribution in [0.25, 0.3) is 10.9 Å². The number of hydrogen-bond donors (Lipinski definition) is 1. The largest absolute Gasteiger partial charge is 0.352 e. The topological polar surface area (TPSA) is 65.8 Å². The number of pyridine rings is 1. The second-order valence-electron chi connectivity index (χ2n) is 7.27. The maximum absolute atomic E-state index is 12.4. The van der Waals surface area contributed by atoms with Gasteiger partial charge in [-0.25, -0.2) is 4.98 Å². The van der Waals surface area contributed by atoms with Crippen molar-refractivity contribution in [1.29, 1.82) is 5.26 Å². The van der Waals surface area contributed by atoms with E-state index in [0.29, 0.717) is 22.3 Å². The number of amides is 1. The van der Waals surface area contributed by atoms with Crippen molar-refractivity contribution in [3.8, 4) is 6.07 Å². The Morgan fingerprint density at radius 3 is 2.77 bits per heavy atom. The molecule has 2 atom stereocenters. The Bertz CT molecular complexity index is 872. The summed E-state index contributed by atoms with van der Waals surface area (Å²) < 4.78 is 0. The molecule has 1 saturated carbocycles. The third kappa shape index (κ3) is 4.02. The number of rotatable bonds is 4. The molecule has 1 heterocycles. The summed E-state index contributed by atoms with van der Waals surface area (Å²) in [6, 6.07) is 8.50. The quantitative estimate of drug-likeness (QED) is 0.808. The first-order valence-electron chi connectivity index (χ1n) is 9.23. The highest BCUT2D eigenvalue weighted by atomic mass is 32.2. The monoisotopic (exact) mass is 367 g/mol. The molecule has 0 bridgehead atoms. The first-order valence-corrected chi connectivity index (χ1v) is 10.2. The van der Waals surface area contributed by atoms with Crippen molar-refractivity contribution in [3.05, 3.63) is 34.9 Å². The van der Waals surface area contributed by atoms with E-state index in [1.54, 1.807) is 0 Å². The van der Waals surface area contributed by atoms with Gasteiger partial charge in [0.2, 0.25) is 5.91 Å². The average Bonchev–Trinajstić information content (AvgIpc) is 2.64. The van der Waals surface area contributed by atoms with Crippen molar-refractivity contribution in [2.45, 2.75) is 57.5 Å². The van der Waals surface area contributed by atoms with Crippen LogP contribution in [0.5, 0.6) is 0 Å². The molecule has 1 amide bonds. The fourth-order valence-corrected chi connectivity index (χ4v) is 4.39. The zero-order valence-corrected chi connectivity index (χ0v) is 16.4. The molecule has 1 aromatic heterocycles. The minimum atomic E-state index is 0.0282. The number of nitrogens with one attached hydrogen (secondary N) is 1. The highest BCUT2D eigenvalue weighted by Crippen LogP contribution is 2.28. The molecule has 2 unspecified atom stereocenters. The standard InChI is InChI=1S/C21H25N3OS/c1-13-8-9-15(3)20-17(13)10-16(11-22)21(24-20)26-12-19(25)23-18-7-5-4-6-14(18)2/h8-10,14,18H,4-7,12H2,1-3H3,(H,23,25). The van der Waals surface area contributed by atoms with Crippen LogP contribution in [0.3, 0.4) is 0 Å². The molecule has 136 valence electrons. The minimum Gasteiger partial charge on any atom is -0.352 e. The molecule has 1 fully saturated rings. The number of fused-ring (bicyclic) bond motifs is 1. The smallest absolute Gasteiger partial charge is 0.230 e. The second kappa shape index (κ2) is 8.09. The molecule has 2 aromatic rings. The van der Waals surface area contributed by atoms with Crippen LogP contribution >= 0.6 is 11.8 Å². The van der Waals surface area contributed by atoms with Gasteiger partial charge in [-0.15, -0.1) is 0 Å². The molecule has 3 rings (SSSR count). The van der Waals surface area contributed by atoms with Crippen LogP contribution in [0.15, 0.2) is 23.2 Å². The summed E-state index contributed by atoms with van der Waals surface area (Å²) in [5.74, 6) is 0.860. The lowest BCUT2D eigenvalue weighted by molar-refractivity contribution is -0.119. The number of thioether (sulfide) groups is 1. The molecular formula is C21H25N3OS. The lowest BCUT2D eigenvalue weighted by atomic mass is 9.86. The van der Waals surface area contributed by atoms with Gasteiger partial charge in [-0.3, -0.25) is 4.79 Å². The van der Waals surface area contributed by atoms with Crippen molar-refractivity contribution in [1.82, 2.24) is 10.3 Å². The predicted molar refractivity (Wildman–Crippen MR) is 106 cm³/mol. The fourth-order valence-electron chi connectivity index (χ4n) is 3.62. The first kappa shape index (κ1) is 18.7. The van der Waals surface area contributed by atoms with E-state index >= 15 is 0 Å². The highest BCUT2D eigenvalue weighted by Gasteiger charge is 2.23. The van der Waals surface area contributed by atoms with Gasteiger partial charge in [0.25, 0.3) is 0 Å². The van der Waals surface area contributed by atoms with E-state index in [9.17, 15) is 10.1 Å². The zero-order chi connectivity index (χ0) is 18.7. The fraction of sp³-hybridized carbons (Fsp3) is 0.476. The van der Waals surface area contributed by atoms with E-state index in [2.05, 4.69) is 18.3 Å². The summed E-state index contributed by atoms with van der Waals surface area (Å²) in [5, 5.41) is 14.3. The van der Waals surface area contributed by atoms with Gasteiger partial charge in [-0.1, -0.05) is 43.7 Å². The number of carbonyl (C=O) groups is 1. The van der Waals surface area contributed by atoms with Crippen molar-refractivity contribution in [2.24, 2.45) is 5.92 Å². The molecule has 0 saturated heterocycles. The molecule has 1 aliphatic rings. The number of nitriles is 1. The normalized spacial score (nSPS) is 19.9. The predicted octanol–water partition coefficient (Wildman–Crippen LogP) is 4.51.